The van der Waals surface area contributed by atoms with E-state index in [-0.39, 0.29) is 23.8 Å². The molecule has 2 aromatic heterocycles. The molecule has 3 aromatic rings. The van der Waals surface area contributed by atoms with Crippen LogP contribution in [0.3, 0.4) is 0 Å². The van der Waals surface area contributed by atoms with Crippen LogP contribution in [-0.4, -0.2) is 50.5 Å². The molecule has 8 heteroatoms. The maximum absolute atomic E-state index is 12.7. The highest BCUT2D eigenvalue weighted by Crippen LogP contribution is 2.36. The Morgan fingerprint density at radius 3 is 2.56 bits per heavy atom. The average Bonchev–Trinajstić information content (AvgIpc) is 3.33. The molecule has 0 fully saturated rings. The third-order valence-electron chi connectivity index (χ3n) is 6.67. The average molecular weight is 427 g/mol. The van der Waals surface area contributed by atoms with Crippen molar-refractivity contribution in [3.63, 3.8) is 0 Å². The van der Waals surface area contributed by atoms with Crippen LogP contribution in [0.1, 0.15) is 61.2 Å². The topological polar surface area (TPSA) is 97.2 Å². The zero-order chi connectivity index (χ0) is 21.8. The highest BCUT2D eigenvalue weighted by molar-refractivity contribution is 6.21. The summed E-state index contributed by atoms with van der Waals surface area (Å²) in [6, 6.07) is 8.87. The maximum Gasteiger partial charge on any atom is 0.269 e. The fourth-order valence-electron chi connectivity index (χ4n) is 5.08. The summed E-state index contributed by atoms with van der Waals surface area (Å²) in [6.45, 7) is 0.833. The van der Waals surface area contributed by atoms with Crippen LogP contribution < -0.4 is 5.32 Å². The van der Waals surface area contributed by atoms with Crippen LogP contribution in [0.15, 0.2) is 42.7 Å². The number of carbonyl (C=O) groups is 3. The number of aromatic nitrogens is 3. The van der Waals surface area contributed by atoms with E-state index in [9.17, 15) is 14.4 Å². The van der Waals surface area contributed by atoms with Crippen molar-refractivity contribution in [2.45, 2.75) is 31.7 Å². The van der Waals surface area contributed by atoms with Gasteiger partial charge < -0.3 is 5.32 Å². The number of nitrogens with one attached hydrogen (secondary N) is 1. The highest BCUT2D eigenvalue weighted by Gasteiger charge is 2.36. The van der Waals surface area contributed by atoms with Crippen LogP contribution in [0.5, 0.6) is 0 Å². The minimum atomic E-state index is -0.233. The second-order valence-corrected chi connectivity index (χ2v) is 8.47. The molecule has 0 bridgehead atoms. The first-order valence-electron chi connectivity index (χ1n) is 10.9. The van der Waals surface area contributed by atoms with E-state index in [0.717, 1.165) is 35.2 Å². The van der Waals surface area contributed by atoms with E-state index in [0.29, 0.717) is 42.8 Å². The Balaban J connectivity index is 1.23. The lowest BCUT2D eigenvalue weighted by molar-refractivity contribution is 0.0649. The third kappa shape index (κ3) is 2.72. The van der Waals surface area contributed by atoms with Crippen LogP contribution in [0.4, 0.5) is 0 Å². The molecule has 3 amide bonds. The van der Waals surface area contributed by atoms with Gasteiger partial charge >= 0.3 is 0 Å². The molecular weight excluding hydrogens is 406 g/mol. The predicted octanol–water partition coefficient (Wildman–Crippen LogP) is 2.40. The lowest BCUT2D eigenvalue weighted by Crippen LogP contribution is -2.40. The minimum absolute atomic E-state index is 0.0197. The Morgan fingerprint density at radius 1 is 1.00 bits per heavy atom. The fourth-order valence-corrected chi connectivity index (χ4v) is 5.08. The Hall–Kier alpha value is -3.81. The molecule has 160 valence electrons. The van der Waals surface area contributed by atoms with Crippen LogP contribution in [0, 0.1) is 0 Å². The molecule has 8 nitrogen and oxygen atoms in total. The van der Waals surface area contributed by atoms with Crippen molar-refractivity contribution < 1.29 is 14.4 Å². The van der Waals surface area contributed by atoms with Crippen molar-refractivity contribution in [3.8, 4) is 11.3 Å². The van der Waals surface area contributed by atoms with Gasteiger partial charge in [0.25, 0.3) is 17.7 Å². The quantitative estimate of drug-likeness (QED) is 0.645. The minimum Gasteiger partial charge on any atom is -0.349 e. The Morgan fingerprint density at radius 2 is 1.78 bits per heavy atom. The number of imide groups is 1. The smallest absolute Gasteiger partial charge is 0.269 e. The first-order chi connectivity index (χ1) is 15.6. The van der Waals surface area contributed by atoms with Gasteiger partial charge in [0.15, 0.2) is 0 Å². The largest absolute Gasteiger partial charge is 0.349 e. The summed E-state index contributed by atoms with van der Waals surface area (Å²) in [4.78, 5) is 43.4. The van der Waals surface area contributed by atoms with E-state index in [1.165, 1.54) is 4.90 Å². The number of nitrogens with zero attached hydrogens (tertiary/aromatic N) is 4. The summed E-state index contributed by atoms with van der Waals surface area (Å²) >= 11 is 0. The van der Waals surface area contributed by atoms with E-state index in [2.05, 4.69) is 10.3 Å². The number of fused-ring (bicyclic) bond motifs is 6. The second kappa shape index (κ2) is 7.12. The molecule has 1 unspecified atom stereocenters. The van der Waals surface area contributed by atoms with Gasteiger partial charge in [-0.1, -0.05) is 12.1 Å². The lowest BCUT2D eigenvalue weighted by Gasteiger charge is -2.26. The zero-order valence-electron chi connectivity index (χ0n) is 17.4. The molecule has 1 atom stereocenters. The first kappa shape index (κ1) is 18.9. The van der Waals surface area contributed by atoms with Gasteiger partial charge in [-0.2, -0.15) is 5.10 Å². The van der Waals surface area contributed by atoms with E-state index in [4.69, 9.17) is 5.10 Å². The second-order valence-electron chi connectivity index (χ2n) is 8.47. The Labute approximate surface area is 184 Å². The van der Waals surface area contributed by atoms with Gasteiger partial charge in [0.2, 0.25) is 0 Å². The van der Waals surface area contributed by atoms with Crippen molar-refractivity contribution in [3.05, 3.63) is 70.7 Å². The Bertz CT molecular complexity index is 1260. The zero-order valence-corrected chi connectivity index (χ0v) is 17.4. The molecule has 32 heavy (non-hydrogen) atoms. The molecule has 0 saturated carbocycles. The van der Waals surface area contributed by atoms with Gasteiger partial charge in [-0.15, -0.1) is 0 Å². The van der Waals surface area contributed by atoms with E-state index in [1.807, 2.05) is 16.9 Å². The number of hydrogen-bond donors (Lipinski definition) is 1. The van der Waals surface area contributed by atoms with E-state index in [1.54, 1.807) is 30.5 Å². The van der Waals surface area contributed by atoms with Crippen LogP contribution in [-0.2, 0) is 12.8 Å². The number of rotatable bonds is 4. The summed E-state index contributed by atoms with van der Waals surface area (Å²) in [7, 11) is 0. The van der Waals surface area contributed by atoms with Crippen molar-refractivity contribution >= 4 is 17.7 Å². The molecule has 3 aliphatic rings. The van der Waals surface area contributed by atoms with E-state index < -0.39 is 0 Å². The monoisotopic (exact) mass is 427 g/mol. The highest BCUT2D eigenvalue weighted by atomic mass is 16.2. The first-order valence-corrected chi connectivity index (χ1v) is 10.9. The van der Waals surface area contributed by atoms with Gasteiger partial charge in [0, 0.05) is 36.6 Å². The summed E-state index contributed by atoms with van der Waals surface area (Å²) < 4.78 is 1.86. The number of hydrogen-bond acceptors (Lipinski definition) is 5. The summed E-state index contributed by atoms with van der Waals surface area (Å²) in [5.41, 5.74) is 5.63. The maximum atomic E-state index is 12.7. The number of carbonyl (C=O) groups excluding carboxylic acids is 3. The summed E-state index contributed by atoms with van der Waals surface area (Å²) in [5.74, 6) is -0.557. The lowest BCUT2D eigenvalue weighted by atomic mass is 9.90. The molecule has 1 aromatic carbocycles. The SMILES string of the molecule is O=C1NCC(CCCN2C(=O)c3ccccc3C2=O)n2nc3c(c21)CCc1cnccc1-3. The van der Waals surface area contributed by atoms with E-state index >= 15 is 0 Å². The molecule has 1 aliphatic carbocycles. The number of aryl methyl sites for hydroxylation is 1. The fraction of sp³-hybridized carbons (Fsp3) is 0.292. The van der Waals surface area contributed by atoms with Crippen molar-refractivity contribution in [2.75, 3.05) is 13.1 Å². The third-order valence-corrected chi connectivity index (χ3v) is 6.67. The molecule has 1 N–H and O–H groups in total. The van der Waals surface area contributed by atoms with Gasteiger partial charge in [-0.25, -0.2) is 0 Å². The van der Waals surface area contributed by atoms with Crippen LogP contribution in [0.25, 0.3) is 11.3 Å². The number of amides is 3. The van der Waals surface area contributed by atoms with Crippen molar-refractivity contribution in [1.29, 1.82) is 0 Å². The van der Waals surface area contributed by atoms with Crippen LogP contribution in [0.2, 0.25) is 0 Å². The number of pyridine rings is 1. The molecule has 2 aliphatic heterocycles. The van der Waals surface area contributed by atoms with Crippen LogP contribution >= 0.6 is 0 Å². The normalized spacial score (nSPS) is 18.7. The standard InChI is InChI=1S/C24H21N5O3/c30-22-21-19-8-7-14-12-25-10-9-16(14)20(19)27-29(21)15(13-26-22)4-3-11-28-23(31)17-5-1-2-6-18(17)24(28)32/h1-2,5-6,9-10,12,15H,3-4,7-8,11,13H2,(H,26,30). The van der Waals surface area contributed by atoms with Gasteiger partial charge in [-0.3, -0.25) is 28.9 Å². The molecule has 0 spiro atoms. The molecular formula is C24H21N5O3. The summed E-state index contributed by atoms with van der Waals surface area (Å²) in [6.07, 6.45) is 6.56. The van der Waals surface area contributed by atoms with Gasteiger partial charge in [-0.05, 0) is 49.4 Å². The van der Waals surface area contributed by atoms with Gasteiger partial charge in [0.05, 0.1) is 22.9 Å². The summed E-state index contributed by atoms with van der Waals surface area (Å²) in [5, 5.41) is 7.86. The molecule has 6 rings (SSSR count). The van der Waals surface area contributed by atoms with Crippen molar-refractivity contribution in [1.82, 2.24) is 25.0 Å². The molecule has 0 radical (unpaired) electrons. The Kier molecular flexibility index (Phi) is 4.21. The predicted molar refractivity (Wildman–Crippen MR) is 115 cm³/mol. The molecule has 0 saturated heterocycles. The van der Waals surface area contributed by atoms with Crippen molar-refractivity contribution in [2.24, 2.45) is 0 Å². The number of benzene rings is 1. The molecule has 4 heterocycles. The van der Waals surface area contributed by atoms with Gasteiger partial charge in [0.1, 0.15) is 5.69 Å².